The van der Waals surface area contributed by atoms with E-state index in [-0.39, 0.29) is 11.2 Å². The van der Waals surface area contributed by atoms with Gasteiger partial charge in [-0.3, -0.25) is 4.79 Å². The second kappa shape index (κ2) is 3.93. The Morgan fingerprint density at radius 2 is 2.06 bits per heavy atom. The third kappa shape index (κ3) is 1.83. The van der Waals surface area contributed by atoms with Crippen LogP contribution in [0.15, 0.2) is 24.3 Å². The van der Waals surface area contributed by atoms with Crippen molar-refractivity contribution in [2.24, 2.45) is 5.41 Å². The van der Waals surface area contributed by atoms with Gasteiger partial charge in [0.15, 0.2) is 0 Å². The van der Waals surface area contributed by atoms with Crippen molar-refractivity contribution in [3.05, 3.63) is 29.8 Å². The molecule has 0 saturated heterocycles. The number of hydrogen-bond donors (Lipinski definition) is 1. The number of aliphatic carboxylic acids is 1. The molecule has 18 heavy (non-hydrogen) atoms. The van der Waals surface area contributed by atoms with Crippen molar-refractivity contribution in [3.63, 3.8) is 0 Å². The van der Waals surface area contributed by atoms with Gasteiger partial charge in [-0.1, -0.05) is 26.0 Å². The Kier molecular flexibility index (Phi) is 2.80. The van der Waals surface area contributed by atoms with Crippen LogP contribution in [0, 0.1) is 5.41 Å². The Bertz CT molecular complexity index is 485. The summed E-state index contributed by atoms with van der Waals surface area (Å²) in [4.78, 5) is 11.4. The van der Waals surface area contributed by atoms with Crippen LogP contribution < -0.4 is 4.74 Å². The van der Waals surface area contributed by atoms with Crippen molar-refractivity contribution >= 4 is 5.97 Å². The molecule has 5 heteroatoms. The number of carbonyl (C=O) groups is 1. The molecule has 1 atom stereocenters. The maximum Gasteiger partial charge on any atom is 0.387 e. The fraction of sp³-hybridized carbons (Fsp3) is 0.462. The van der Waals surface area contributed by atoms with E-state index >= 15 is 0 Å². The van der Waals surface area contributed by atoms with Crippen LogP contribution in [0.1, 0.15) is 25.8 Å². The van der Waals surface area contributed by atoms with Gasteiger partial charge < -0.3 is 9.84 Å². The second-order valence-electron chi connectivity index (χ2n) is 5.18. The number of alkyl halides is 2. The van der Waals surface area contributed by atoms with Crippen molar-refractivity contribution < 1.29 is 23.4 Å². The fourth-order valence-corrected chi connectivity index (χ4v) is 2.54. The number of benzene rings is 1. The summed E-state index contributed by atoms with van der Waals surface area (Å²) in [7, 11) is 0. The van der Waals surface area contributed by atoms with E-state index in [1.165, 1.54) is 18.2 Å². The first-order valence-electron chi connectivity index (χ1n) is 5.58. The van der Waals surface area contributed by atoms with Gasteiger partial charge in [0.1, 0.15) is 5.75 Å². The Morgan fingerprint density at radius 1 is 1.44 bits per heavy atom. The molecule has 0 aromatic heterocycles. The van der Waals surface area contributed by atoms with Crippen molar-refractivity contribution in [1.29, 1.82) is 0 Å². The van der Waals surface area contributed by atoms with Gasteiger partial charge >= 0.3 is 12.6 Å². The van der Waals surface area contributed by atoms with Crippen molar-refractivity contribution in [1.82, 2.24) is 0 Å². The van der Waals surface area contributed by atoms with Crippen LogP contribution in [0.2, 0.25) is 0 Å². The minimum absolute atomic E-state index is 0.00850. The molecule has 1 aromatic carbocycles. The summed E-state index contributed by atoms with van der Waals surface area (Å²) >= 11 is 0. The van der Waals surface area contributed by atoms with Gasteiger partial charge in [-0.2, -0.15) is 8.78 Å². The van der Waals surface area contributed by atoms with Gasteiger partial charge in [0, 0.05) is 0 Å². The lowest BCUT2D eigenvalue weighted by Crippen LogP contribution is -2.25. The zero-order chi connectivity index (χ0) is 13.6. The number of rotatable bonds is 4. The van der Waals surface area contributed by atoms with Crippen LogP contribution in [0.5, 0.6) is 5.75 Å². The van der Waals surface area contributed by atoms with Gasteiger partial charge in [-0.15, -0.1) is 0 Å². The van der Waals surface area contributed by atoms with Crippen LogP contribution in [-0.4, -0.2) is 17.7 Å². The zero-order valence-electron chi connectivity index (χ0n) is 10.1. The first-order valence-corrected chi connectivity index (χ1v) is 5.58. The molecule has 0 radical (unpaired) electrons. The first-order chi connectivity index (χ1) is 8.29. The van der Waals surface area contributed by atoms with E-state index in [4.69, 9.17) is 0 Å². The monoisotopic (exact) mass is 256 g/mol. The topological polar surface area (TPSA) is 46.5 Å². The molecule has 0 aliphatic heterocycles. The molecular formula is C13H14F2O3. The van der Waals surface area contributed by atoms with Gasteiger partial charge in [-0.25, -0.2) is 0 Å². The molecule has 98 valence electrons. The van der Waals surface area contributed by atoms with E-state index in [0.717, 1.165) is 0 Å². The summed E-state index contributed by atoms with van der Waals surface area (Å²) in [6.07, 6.45) is 0.494. The van der Waals surface area contributed by atoms with Crippen LogP contribution in [0.4, 0.5) is 8.78 Å². The maximum atomic E-state index is 12.1. The molecule has 1 aliphatic carbocycles. The molecule has 0 amide bonds. The molecule has 2 rings (SSSR count). The number of ether oxygens (including phenoxy) is 1. The fourth-order valence-electron chi connectivity index (χ4n) is 2.54. The standard InChI is InChI=1S/C13H14F2O3/c1-12(2)7-13(12,10(16)17)8-4-3-5-9(6-8)18-11(14)15/h3-6,11H,7H2,1-2H3,(H,16,17). The predicted octanol–water partition coefficient (Wildman–Crippen LogP) is 3.04. The molecular weight excluding hydrogens is 242 g/mol. The average molecular weight is 256 g/mol. The van der Waals surface area contributed by atoms with Crippen molar-refractivity contribution in [2.45, 2.75) is 32.3 Å². The highest BCUT2D eigenvalue weighted by molar-refractivity contribution is 5.87. The highest BCUT2D eigenvalue weighted by Gasteiger charge is 2.67. The highest BCUT2D eigenvalue weighted by atomic mass is 19.3. The van der Waals surface area contributed by atoms with E-state index in [2.05, 4.69) is 4.74 Å². The predicted molar refractivity (Wildman–Crippen MR) is 60.8 cm³/mol. The molecule has 1 aliphatic rings. The minimum atomic E-state index is -2.91. The SMILES string of the molecule is CC1(C)CC1(C(=O)O)c1cccc(OC(F)F)c1. The largest absolute Gasteiger partial charge is 0.481 e. The van der Waals surface area contributed by atoms with Gasteiger partial charge in [0.25, 0.3) is 0 Å². The molecule has 0 bridgehead atoms. The molecule has 1 N–H and O–H groups in total. The Labute approximate surface area is 103 Å². The van der Waals surface area contributed by atoms with Gasteiger partial charge in [0.2, 0.25) is 0 Å². The lowest BCUT2D eigenvalue weighted by Gasteiger charge is -2.17. The number of carboxylic acid groups (broad SMARTS) is 1. The van der Waals surface area contributed by atoms with Crippen LogP contribution in [0.3, 0.4) is 0 Å². The number of halogens is 2. The van der Waals surface area contributed by atoms with Crippen LogP contribution in [0.25, 0.3) is 0 Å². The van der Waals surface area contributed by atoms with E-state index < -0.39 is 18.0 Å². The van der Waals surface area contributed by atoms with E-state index in [9.17, 15) is 18.7 Å². The zero-order valence-corrected chi connectivity index (χ0v) is 10.1. The lowest BCUT2D eigenvalue weighted by molar-refractivity contribution is -0.141. The van der Waals surface area contributed by atoms with E-state index in [0.29, 0.717) is 12.0 Å². The lowest BCUT2D eigenvalue weighted by atomic mass is 9.88. The summed E-state index contributed by atoms with van der Waals surface area (Å²) in [5.74, 6) is -0.937. The first kappa shape index (κ1) is 12.8. The van der Waals surface area contributed by atoms with Gasteiger partial charge in [-0.05, 0) is 29.5 Å². The average Bonchev–Trinajstić information content (AvgIpc) is 2.83. The number of hydrogen-bond acceptors (Lipinski definition) is 2. The third-order valence-electron chi connectivity index (χ3n) is 3.65. The maximum absolute atomic E-state index is 12.1. The summed E-state index contributed by atoms with van der Waals surface area (Å²) in [6, 6.07) is 5.95. The molecule has 1 fully saturated rings. The highest BCUT2D eigenvalue weighted by Crippen LogP contribution is 2.64. The Morgan fingerprint density at radius 3 is 2.50 bits per heavy atom. The summed E-state index contributed by atoms with van der Waals surface area (Å²) < 4.78 is 28.6. The van der Waals surface area contributed by atoms with Crippen molar-refractivity contribution in [3.8, 4) is 5.75 Å². The quantitative estimate of drug-likeness (QED) is 0.900. The summed E-state index contributed by atoms with van der Waals surface area (Å²) in [6.45, 7) is 0.789. The summed E-state index contributed by atoms with van der Waals surface area (Å²) in [5, 5.41) is 9.38. The van der Waals surface area contributed by atoms with Crippen LogP contribution in [-0.2, 0) is 10.2 Å². The smallest absolute Gasteiger partial charge is 0.387 e. The second-order valence-corrected chi connectivity index (χ2v) is 5.18. The summed E-state index contributed by atoms with van der Waals surface area (Å²) in [5.41, 5.74) is -0.852. The van der Waals surface area contributed by atoms with Crippen molar-refractivity contribution in [2.75, 3.05) is 0 Å². The molecule has 0 heterocycles. The normalized spacial score (nSPS) is 24.9. The van der Waals surface area contributed by atoms with Gasteiger partial charge in [0.05, 0.1) is 5.41 Å². The minimum Gasteiger partial charge on any atom is -0.481 e. The molecule has 1 saturated carbocycles. The van der Waals surface area contributed by atoms with E-state index in [1.807, 2.05) is 13.8 Å². The Hall–Kier alpha value is -1.65. The molecule has 1 unspecified atom stereocenters. The van der Waals surface area contributed by atoms with E-state index in [1.54, 1.807) is 6.07 Å². The Balaban J connectivity index is 2.37. The molecule has 0 spiro atoms. The molecule has 3 nitrogen and oxygen atoms in total. The number of carboxylic acids is 1. The van der Waals surface area contributed by atoms with Crippen LogP contribution >= 0.6 is 0 Å². The molecule has 1 aromatic rings. The third-order valence-corrected chi connectivity index (χ3v) is 3.65.